The molecule has 2 N–H and O–H groups in total. The maximum Gasteiger partial charge on any atom is 0.278 e. The van der Waals surface area contributed by atoms with Crippen LogP contribution >= 0.6 is 11.8 Å². The lowest BCUT2D eigenvalue weighted by Crippen LogP contribution is -2.20. The van der Waals surface area contributed by atoms with Gasteiger partial charge in [0.1, 0.15) is 5.56 Å². The molecule has 1 aromatic carbocycles. The van der Waals surface area contributed by atoms with Crippen LogP contribution in [-0.2, 0) is 4.79 Å². The first-order valence-electron chi connectivity index (χ1n) is 8.51. The molecule has 144 valence electrons. The highest BCUT2D eigenvalue weighted by Crippen LogP contribution is 2.31. The number of benzene rings is 1. The van der Waals surface area contributed by atoms with Crippen molar-refractivity contribution in [1.82, 2.24) is 10.5 Å². The number of thioether (sulfide) groups is 1. The Morgan fingerprint density at radius 2 is 1.93 bits per heavy atom. The average Bonchev–Trinajstić information content (AvgIpc) is 3.15. The van der Waals surface area contributed by atoms with Crippen LogP contribution in [0.15, 0.2) is 45.8 Å². The number of rotatable bonds is 7. The summed E-state index contributed by atoms with van der Waals surface area (Å²) in [6, 6.07) is 8.67. The summed E-state index contributed by atoms with van der Waals surface area (Å²) in [4.78, 5) is 49.0. The van der Waals surface area contributed by atoms with Crippen LogP contribution in [0.5, 0.6) is 0 Å². The SMILES string of the molecule is CNC(=O)CCCSC1=CC(=O)c2onc(C(=O)Nc3ccccc3)c2C1=O. The molecule has 9 heteroatoms. The third-order valence-corrected chi connectivity index (χ3v) is 5.07. The Balaban J connectivity index is 1.74. The minimum atomic E-state index is -0.636. The molecule has 1 heterocycles. The molecule has 1 aliphatic rings. The van der Waals surface area contributed by atoms with Gasteiger partial charge in [0.2, 0.25) is 23.2 Å². The first kappa shape index (κ1) is 19.6. The van der Waals surface area contributed by atoms with Gasteiger partial charge in [-0.15, -0.1) is 11.8 Å². The Labute approximate surface area is 164 Å². The number of allylic oxidation sites excluding steroid dienone is 2. The molecular weight excluding hydrogens is 382 g/mol. The van der Waals surface area contributed by atoms with Crippen LogP contribution in [0.4, 0.5) is 5.69 Å². The predicted molar refractivity (Wildman–Crippen MR) is 103 cm³/mol. The van der Waals surface area contributed by atoms with E-state index in [1.54, 1.807) is 37.4 Å². The summed E-state index contributed by atoms with van der Waals surface area (Å²) in [5.41, 5.74) is 0.168. The standard InChI is InChI=1S/C19H17N3O5S/c1-20-14(24)8-5-9-28-13-10-12(23)18-15(17(13)25)16(22-27-18)19(26)21-11-6-3-2-4-7-11/h2-4,6-7,10H,5,8-9H2,1H3,(H,20,24)(H,21,26). The summed E-state index contributed by atoms with van der Waals surface area (Å²) < 4.78 is 4.96. The topological polar surface area (TPSA) is 118 Å². The number of hydrogen-bond donors (Lipinski definition) is 2. The maximum absolute atomic E-state index is 12.8. The van der Waals surface area contributed by atoms with Crippen molar-refractivity contribution in [3.63, 3.8) is 0 Å². The largest absolute Gasteiger partial charge is 0.359 e. The third-order valence-electron chi connectivity index (χ3n) is 3.96. The first-order chi connectivity index (χ1) is 13.5. The highest BCUT2D eigenvalue weighted by Gasteiger charge is 2.36. The fourth-order valence-electron chi connectivity index (χ4n) is 2.56. The number of fused-ring (bicyclic) bond motifs is 1. The molecule has 2 amide bonds. The summed E-state index contributed by atoms with van der Waals surface area (Å²) in [6.45, 7) is 0. The van der Waals surface area contributed by atoms with Crippen molar-refractivity contribution in [3.8, 4) is 0 Å². The molecule has 1 aromatic heterocycles. The van der Waals surface area contributed by atoms with Crippen molar-refractivity contribution >= 4 is 40.8 Å². The molecule has 0 aliphatic heterocycles. The number of ketones is 2. The summed E-state index contributed by atoms with van der Waals surface area (Å²) in [5, 5.41) is 8.78. The minimum Gasteiger partial charge on any atom is -0.359 e. The van der Waals surface area contributed by atoms with Crippen molar-refractivity contribution in [2.24, 2.45) is 0 Å². The molecule has 0 fully saturated rings. The van der Waals surface area contributed by atoms with E-state index in [1.165, 1.54) is 6.08 Å². The number of hydrogen-bond acceptors (Lipinski definition) is 7. The second-order valence-electron chi connectivity index (χ2n) is 5.88. The van der Waals surface area contributed by atoms with Crippen LogP contribution in [0.25, 0.3) is 0 Å². The summed E-state index contributed by atoms with van der Waals surface area (Å²) in [5.74, 6) is -1.50. The van der Waals surface area contributed by atoms with E-state index in [4.69, 9.17) is 4.52 Å². The number of carbonyl (C=O) groups is 4. The Kier molecular flexibility index (Phi) is 6.05. The van der Waals surface area contributed by atoms with Gasteiger partial charge in [-0.2, -0.15) is 0 Å². The van der Waals surface area contributed by atoms with Crippen molar-refractivity contribution < 1.29 is 23.7 Å². The molecule has 8 nitrogen and oxygen atoms in total. The Bertz CT molecular complexity index is 965. The van der Waals surface area contributed by atoms with Gasteiger partial charge in [0.05, 0.1) is 4.91 Å². The van der Waals surface area contributed by atoms with Gasteiger partial charge in [0.15, 0.2) is 5.69 Å². The van der Waals surface area contributed by atoms with Gasteiger partial charge in [-0.25, -0.2) is 0 Å². The fourth-order valence-corrected chi connectivity index (χ4v) is 3.49. The monoisotopic (exact) mass is 399 g/mol. The van der Waals surface area contributed by atoms with Crippen LogP contribution in [0.2, 0.25) is 0 Å². The molecule has 0 unspecified atom stereocenters. The molecule has 0 atom stereocenters. The number of Topliss-reactive ketones (excluding diaryl/α,β-unsaturated/α-hetero) is 1. The van der Waals surface area contributed by atoms with Gasteiger partial charge < -0.3 is 15.2 Å². The molecule has 0 saturated heterocycles. The highest BCUT2D eigenvalue weighted by molar-refractivity contribution is 8.04. The smallest absolute Gasteiger partial charge is 0.278 e. The van der Waals surface area contributed by atoms with Gasteiger partial charge >= 0.3 is 0 Å². The van der Waals surface area contributed by atoms with Crippen LogP contribution in [-0.4, -0.2) is 41.3 Å². The molecule has 0 radical (unpaired) electrons. The Hall–Kier alpha value is -3.20. The minimum absolute atomic E-state index is 0.0955. The van der Waals surface area contributed by atoms with E-state index in [2.05, 4.69) is 15.8 Å². The van der Waals surface area contributed by atoms with E-state index >= 15 is 0 Å². The van der Waals surface area contributed by atoms with Crippen LogP contribution in [0.1, 0.15) is 44.2 Å². The van der Waals surface area contributed by atoms with E-state index < -0.39 is 17.5 Å². The zero-order valence-corrected chi connectivity index (χ0v) is 15.8. The average molecular weight is 399 g/mol. The Morgan fingerprint density at radius 1 is 1.18 bits per heavy atom. The van der Waals surface area contributed by atoms with Crippen LogP contribution < -0.4 is 10.6 Å². The van der Waals surface area contributed by atoms with E-state index in [0.29, 0.717) is 24.3 Å². The zero-order chi connectivity index (χ0) is 20.1. The number of amides is 2. The van der Waals surface area contributed by atoms with Crippen molar-refractivity contribution in [1.29, 1.82) is 0 Å². The normalized spacial score (nSPS) is 13.0. The number of carbonyl (C=O) groups excluding carboxylic acids is 4. The maximum atomic E-state index is 12.8. The second kappa shape index (κ2) is 8.66. The number of nitrogens with zero attached hydrogens (tertiary/aromatic N) is 1. The second-order valence-corrected chi connectivity index (χ2v) is 7.02. The number of nitrogens with one attached hydrogen (secondary N) is 2. The van der Waals surface area contributed by atoms with Gasteiger partial charge in [-0.05, 0) is 24.3 Å². The number of aromatic nitrogens is 1. The third kappa shape index (κ3) is 4.20. The summed E-state index contributed by atoms with van der Waals surface area (Å²) in [7, 11) is 1.55. The fraction of sp³-hybridized carbons (Fsp3) is 0.211. The van der Waals surface area contributed by atoms with Gasteiger partial charge in [-0.1, -0.05) is 23.4 Å². The molecule has 0 spiro atoms. The van der Waals surface area contributed by atoms with Gasteiger partial charge in [0, 0.05) is 25.2 Å². The highest BCUT2D eigenvalue weighted by atomic mass is 32.2. The van der Waals surface area contributed by atoms with Crippen LogP contribution in [0, 0.1) is 0 Å². The first-order valence-corrected chi connectivity index (χ1v) is 9.50. The van der Waals surface area contributed by atoms with Crippen LogP contribution in [0.3, 0.4) is 0 Å². The van der Waals surface area contributed by atoms with Gasteiger partial charge in [-0.3, -0.25) is 19.2 Å². The zero-order valence-electron chi connectivity index (χ0n) is 15.0. The lowest BCUT2D eigenvalue weighted by Gasteiger charge is -2.11. The van der Waals surface area contributed by atoms with E-state index in [1.807, 2.05) is 0 Å². The number of anilines is 1. The van der Waals surface area contributed by atoms with Crippen molar-refractivity contribution in [3.05, 3.63) is 58.3 Å². The Morgan fingerprint density at radius 3 is 2.64 bits per heavy atom. The lowest BCUT2D eigenvalue weighted by molar-refractivity contribution is -0.120. The van der Waals surface area contributed by atoms with Crippen molar-refractivity contribution in [2.45, 2.75) is 12.8 Å². The molecule has 2 aromatic rings. The van der Waals surface area contributed by atoms with E-state index in [9.17, 15) is 19.2 Å². The van der Waals surface area contributed by atoms with E-state index in [0.717, 1.165) is 11.8 Å². The number of para-hydroxylation sites is 1. The summed E-state index contributed by atoms with van der Waals surface area (Å²) >= 11 is 1.16. The molecule has 0 bridgehead atoms. The molecule has 28 heavy (non-hydrogen) atoms. The lowest BCUT2D eigenvalue weighted by atomic mass is 9.99. The van der Waals surface area contributed by atoms with Gasteiger partial charge in [0.25, 0.3) is 5.91 Å². The molecule has 1 aliphatic carbocycles. The summed E-state index contributed by atoms with van der Waals surface area (Å²) in [6.07, 6.45) is 2.04. The quantitative estimate of drug-likeness (QED) is 0.687. The molecule has 0 saturated carbocycles. The predicted octanol–water partition coefficient (Wildman–Crippen LogP) is 2.45. The molecule has 3 rings (SSSR count). The molecular formula is C19H17N3O5S. The van der Waals surface area contributed by atoms with Crippen molar-refractivity contribution in [2.75, 3.05) is 18.1 Å². The van der Waals surface area contributed by atoms with E-state index in [-0.39, 0.29) is 27.8 Å².